The van der Waals surface area contributed by atoms with Crippen LogP contribution in [0.3, 0.4) is 0 Å². The van der Waals surface area contributed by atoms with Gasteiger partial charge in [0.15, 0.2) is 0 Å². The van der Waals surface area contributed by atoms with Gasteiger partial charge in [0, 0.05) is 37.8 Å². The van der Waals surface area contributed by atoms with E-state index in [0.717, 1.165) is 24.9 Å². The number of hydrogen-bond acceptors (Lipinski definition) is 4. The number of piperidine rings is 1. The molecule has 1 atom stereocenters. The van der Waals surface area contributed by atoms with E-state index in [0.29, 0.717) is 26.1 Å². The SMILES string of the molecule is Cl.NC1CCCN(S(=O)(=O)c2ccc(N3CCCC3=O)cc2)C1. The number of sulfonamides is 1. The van der Waals surface area contributed by atoms with E-state index < -0.39 is 10.0 Å². The molecule has 0 bridgehead atoms. The van der Waals surface area contributed by atoms with Crippen LogP contribution in [0, 0.1) is 0 Å². The fourth-order valence-corrected chi connectivity index (χ4v) is 4.60. The van der Waals surface area contributed by atoms with Crippen LogP contribution in [0.15, 0.2) is 29.2 Å². The zero-order valence-corrected chi connectivity index (χ0v) is 14.5. The van der Waals surface area contributed by atoms with Gasteiger partial charge in [0.1, 0.15) is 0 Å². The third kappa shape index (κ3) is 3.68. The number of amides is 1. The normalized spacial score (nSPS) is 22.9. The summed E-state index contributed by atoms with van der Waals surface area (Å²) in [4.78, 5) is 13.7. The van der Waals surface area contributed by atoms with Crippen LogP contribution in [0.4, 0.5) is 5.69 Å². The molecule has 0 spiro atoms. The summed E-state index contributed by atoms with van der Waals surface area (Å²) in [6, 6.07) is 6.48. The molecule has 0 radical (unpaired) electrons. The summed E-state index contributed by atoms with van der Waals surface area (Å²) in [5.41, 5.74) is 6.63. The van der Waals surface area contributed by atoms with E-state index in [1.54, 1.807) is 29.2 Å². The first-order chi connectivity index (χ1) is 10.5. The van der Waals surface area contributed by atoms with Crippen molar-refractivity contribution in [2.75, 3.05) is 24.5 Å². The van der Waals surface area contributed by atoms with Crippen molar-refractivity contribution in [2.45, 2.75) is 36.6 Å². The number of carbonyl (C=O) groups excluding carboxylic acids is 1. The lowest BCUT2D eigenvalue weighted by Crippen LogP contribution is -2.45. The Morgan fingerprint density at radius 2 is 1.78 bits per heavy atom. The van der Waals surface area contributed by atoms with Gasteiger partial charge in [-0.1, -0.05) is 0 Å². The van der Waals surface area contributed by atoms with E-state index in [1.807, 2.05) is 0 Å². The maximum atomic E-state index is 12.6. The number of anilines is 1. The van der Waals surface area contributed by atoms with E-state index in [2.05, 4.69) is 0 Å². The molecule has 2 fully saturated rings. The average molecular weight is 360 g/mol. The third-order valence-electron chi connectivity index (χ3n) is 4.28. The highest BCUT2D eigenvalue weighted by Crippen LogP contribution is 2.25. The zero-order valence-electron chi connectivity index (χ0n) is 12.8. The molecular weight excluding hydrogens is 338 g/mol. The maximum absolute atomic E-state index is 12.6. The lowest BCUT2D eigenvalue weighted by Gasteiger charge is -2.30. The molecule has 0 aliphatic carbocycles. The van der Waals surface area contributed by atoms with Gasteiger partial charge in [0.25, 0.3) is 0 Å². The monoisotopic (exact) mass is 359 g/mol. The van der Waals surface area contributed by atoms with Crippen LogP contribution in [0.5, 0.6) is 0 Å². The van der Waals surface area contributed by atoms with Gasteiger partial charge in [-0.2, -0.15) is 4.31 Å². The highest BCUT2D eigenvalue weighted by molar-refractivity contribution is 7.89. The smallest absolute Gasteiger partial charge is 0.243 e. The molecule has 8 heteroatoms. The predicted molar refractivity (Wildman–Crippen MR) is 91.2 cm³/mol. The topological polar surface area (TPSA) is 83.7 Å². The van der Waals surface area contributed by atoms with Gasteiger partial charge in [-0.25, -0.2) is 8.42 Å². The third-order valence-corrected chi connectivity index (χ3v) is 6.16. The minimum absolute atomic E-state index is 0. The summed E-state index contributed by atoms with van der Waals surface area (Å²) in [5.74, 6) is 0.0950. The molecule has 2 heterocycles. The van der Waals surface area contributed by atoms with E-state index >= 15 is 0 Å². The van der Waals surface area contributed by atoms with Crippen LogP contribution in [0.2, 0.25) is 0 Å². The Hall–Kier alpha value is -1.15. The van der Waals surface area contributed by atoms with Gasteiger partial charge in [-0.15, -0.1) is 12.4 Å². The molecule has 1 aromatic rings. The van der Waals surface area contributed by atoms with Crippen LogP contribution in [0.1, 0.15) is 25.7 Å². The first-order valence-electron chi connectivity index (χ1n) is 7.64. The fraction of sp³-hybridized carbons (Fsp3) is 0.533. The summed E-state index contributed by atoms with van der Waals surface area (Å²) in [6.07, 6.45) is 3.07. The molecule has 0 saturated carbocycles. The molecule has 1 unspecified atom stereocenters. The number of halogens is 1. The Kier molecular flexibility index (Phi) is 5.67. The Balaban J connectivity index is 0.00000192. The second kappa shape index (κ2) is 7.17. The summed E-state index contributed by atoms with van der Waals surface area (Å²) < 4.78 is 26.7. The second-order valence-electron chi connectivity index (χ2n) is 5.91. The number of rotatable bonds is 3. The van der Waals surface area contributed by atoms with Gasteiger partial charge < -0.3 is 10.6 Å². The van der Waals surface area contributed by atoms with E-state index in [-0.39, 0.29) is 29.3 Å². The second-order valence-corrected chi connectivity index (χ2v) is 7.85. The molecule has 1 amide bonds. The van der Waals surface area contributed by atoms with Crippen molar-refractivity contribution >= 4 is 34.0 Å². The lowest BCUT2D eigenvalue weighted by molar-refractivity contribution is -0.117. The minimum Gasteiger partial charge on any atom is -0.327 e. The van der Waals surface area contributed by atoms with Crippen LogP contribution >= 0.6 is 12.4 Å². The van der Waals surface area contributed by atoms with E-state index in [4.69, 9.17) is 5.73 Å². The molecule has 128 valence electrons. The van der Waals surface area contributed by atoms with E-state index in [1.165, 1.54) is 4.31 Å². The van der Waals surface area contributed by atoms with Gasteiger partial charge in [0.05, 0.1) is 4.90 Å². The maximum Gasteiger partial charge on any atom is 0.243 e. The van der Waals surface area contributed by atoms with Crippen molar-refractivity contribution in [3.8, 4) is 0 Å². The molecule has 2 N–H and O–H groups in total. The quantitative estimate of drug-likeness (QED) is 0.882. The Morgan fingerprint density at radius 1 is 1.09 bits per heavy atom. The Labute approximate surface area is 143 Å². The van der Waals surface area contributed by atoms with Crippen molar-refractivity contribution in [3.63, 3.8) is 0 Å². The molecule has 2 aliphatic rings. The van der Waals surface area contributed by atoms with Crippen LogP contribution in [-0.4, -0.2) is 44.3 Å². The molecule has 1 aromatic carbocycles. The molecule has 23 heavy (non-hydrogen) atoms. The molecule has 2 saturated heterocycles. The molecular formula is C15H22ClN3O3S. The molecule has 6 nitrogen and oxygen atoms in total. The summed E-state index contributed by atoms with van der Waals surface area (Å²) in [6.45, 7) is 1.59. The number of hydrogen-bond donors (Lipinski definition) is 1. The minimum atomic E-state index is -3.50. The number of benzene rings is 1. The lowest BCUT2D eigenvalue weighted by atomic mass is 10.1. The molecule has 2 aliphatic heterocycles. The van der Waals surface area contributed by atoms with Crippen LogP contribution in [0.25, 0.3) is 0 Å². The number of nitrogens with zero attached hydrogens (tertiary/aromatic N) is 2. The van der Waals surface area contributed by atoms with Gasteiger partial charge in [0.2, 0.25) is 15.9 Å². The predicted octanol–water partition coefficient (Wildman–Crippen LogP) is 1.35. The summed E-state index contributed by atoms with van der Waals surface area (Å²) in [7, 11) is -3.50. The Bertz CT molecular complexity index is 663. The first kappa shape index (κ1) is 18.2. The number of carbonyl (C=O) groups is 1. The average Bonchev–Trinajstić information content (AvgIpc) is 2.93. The fourth-order valence-electron chi connectivity index (χ4n) is 3.06. The van der Waals surface area contributed by atoms with Crippen molar-refractivity contribution < 1.29 is 13.2 Å². The van der Waals surface area contributed by atoms with Gasteiger partial charge in [-0.05, 0) is 43.5 Å². The van der Waals surface area contributed by atoms with Gasteiger partial charge >= 0.3 is 0 Å². The van der Waals surface area contributed by atoms with Crippen molar-refractivity contribution in [2.24, 2.45) is 5.73 Å². The van der Waals surface area contributed by atoms with Crippen molar-refractivity contribution in [3.05, 3.63) is 24.3 Å². The Morgan fingerprint density at radius 3 is 2.35 bits per heavy atom. The van der Waals surface area contributed by atoms with Gasteiger partial charge in [-0.3, -0.25) is 4.79 Å². The van der Waals surface area contributed by atoms with Crippen LogP contribution in [-0.2, 0) is 14.8 Å². The standard InChI is InChI=1S/C15H21N3O3S.ClH/c16-12-3-1-9-17(11-12)22(20,21)14-7-5-13(6-8-14)18-10-2-4-15(18)19;/h5-8,12H,1-4,9-11,16H2;1H. The van der Waals surface area contributed by atoms with Crippen LogP contribution < -0.4 is 10.6 Å². The zero-order chi connectivity index (χ0) is 15.7. The summed E-state index contributed by atoms with van der Waals surface area (Å²) >= 11 is 0. The summed E-state index contributed by atoms with van der Waals surface area (Å²) in [5, 5.41) is 0. The molecule has 3 rings (SSSR count). The first-order valence-corrected chi connectivity index (χ1v) is 9.08. The largest absolute Gasteiger partial charge is 0.327 e. The van der Waals surface area contributed by atoms with Crippen molar-refractivity contribution in [1.29, 1.82) is 0 Å². The number of nitrogens with two attached hydrogens (primary N) is 1. The molecule has 0 aromatic heterocycles. The highest BCUT2D eigenvalue weighted by Gasteiger charge is 2.29. The highest BCUT2D eigenvalue weighted by atomic mass is 35.5. The van der Waals surface area contributed by atoms with Crippen molar-refractivity contribution in [1.82, 2.24) is 4.31 Å². The van der Waals surface area contributed by atoms with E-state index in [9.17, 15) is 13.2 Å².